The highest BCUT2D eigenvalue weighted by molar-refractivity contribution is 5.18. The average molecular weight is 320 g/mol. The molecule has 3 N–H and O–H groups in total. The van der Waals surface area contributed by atoms with E-state index in [-0.39, 0.29) is 6.29 Å². The van der Waals surface area contributed by atoms with E-state index < -0.39 is 0 Å². The van der Waals surface area contributed by atoms with Gasteiger partial charge in [-0.3, -0.25) is 0 Å². The third-order valence-electron chi connectivity index (χ3n) is 5.53. The van der Waals surface area contributed by atoms with Gasteiger partial charge in [0.1, 0.15) is 0 Å². The summed E-state index contributed by atoms with van der Waals surface area (Å²) < 4.78 is 11.4. The standard InChI is InChI=1S/C19H32N2O2/c1-3-22-13(2)23-17-9-11-19-15(12-17)6-10-18(21-19)14-4-7-16(20)8-5-14/h4,9,13,15-16,18-19,21H,3,5-8,10-12,20H2,1-2H3/t13?,15-,16+,18+,19+/m1/s1. The van der Waals surface area contributed by atoms with Gasteiger partial charge in [0, 0.05) is 31.2 Å². The summed E-state index contributed by atoms with van der Waals surface area (Å²) >= 11 is 0. The third kappa shape index (κ3) is 4.37. The Labute approximate surface area is 140 Å². The van der Waals surface area contributed by atoms with Gasteiger partial charge in [-0.2, -0.15) is 0 Å². The molecule has 0 radical (unpaired) electrons. The van der Waals surface area contributed by atoms with E-state index in [9.17, 15) is 0 Å². The largest absolute Gasteiger partial charge is 0.470 e. The van der Waals surface area contributed by atoms with Crippen molar-refractivity contribution >= 4 is 0 Å². The molecule has 130 valence electrons. The Morgan fingerprint density at radius 2 is 2.13 bits per heavy atom. The van der Waals surface area contributed by atoms with E-state index in [1.165, 1.54) is 19.3 Å². The lowest BCUT2D eigenvalue weighted by Gasteiger charge is -2.41. The van der Waals surface area contributed by atoms with Crippen LogP contribution in [-0.2, 0) is 9.47 Å². The normalized spacial score (nSPS) is 35.8. The van der Waals surface area contributed by atoms with Gasteiger partial charge >= 0.3 is 0 Å². The fourth-order valence-electron chi connectivity index (χ4n) is 4.23. The minimum absolute atomic E-state index is 0.135. The molecular formula is C19H32N2O2. The quantitative estimate of drug-likeness (QED) is 0.603. The summed E-state index contributed by atoms with van der Waals surface area (Å²) in [5, 5.41) is 3.90. The molecule has 0 amide bonds. The van der Waals surface area contributed by atoms with Gasteiger partial charge in [0.05, 0.1) is 5.76 Å². The SMILES string of the molecule is CCOC(C)OC1=CC[C@@H]2N[C@H](C3=CC[C@H](N)CC3)CC[C@@H]2C1. The van der Waals surface area contributed by atoms with Gasteiger partial charge in [-0.15, -0.1) is 0 Å². The highest BCUT2D eigenvalue weighted by Crippen LogP contribution is 2.36. The number of nitrogens with two attached hydrogens (primary N) is 1. The summed E-state index contributed by atoms with van der Waals surface area (Å²) in [5.74, 6) is 1.82. The summed E-state index contributed by atoms with van der Waals surface area (Å²) in [6.07, 6.45) is 12.5. The van der Waals surface area contributed by atoms with Gasteiger partial charge in [-0.25, -0.2) is 0 Å². The molecule has 3 aliphatic rings. The van der Waals surface area contributed by atoms with Gasteiger partial charge in [0.15, 0.2) is 6.29 Å². The third-order valence-corrected chi connectivity index (χ3v) is 5.53. The van der Waals surface area contributed by atoms with E-state index >= 15 is 0 Å². The molecule has 2 aliphatic carbocycles. The van der Waals surface area contributed by atoms with Crippen molar-refractivity contribution in [3.63, 3.8) is 0 Å². The van der Waals surface area contributed by atoms with Gasteiger partial charge in [0.25, 0.3) is 0 Å². The number of allylic oxidation sites excluding steroid dienone is 1. The molecule has 3 rings (SSSR count). The maximum Gasteiger partial charge on any atom is 0.196 e. The topological polar surface area (TPSA) is 56.5 Å². The number of hydrogen-bond donors (Lipinski definition) is 2. The first-order valence-electron chi connectivity index (χ1n) is 9.33. The molecule has 1 heterocycles. The molecule has 5 atom stereocenters. The Bertz CT molecular complexity index is 460. The lowest BCUT2D eigenvalue weighted by Crippen LogP contribution is -2.49. The van der Waals surface area contributed by atoms with Crippen LogP contribution in [0.2, 0.25) is 0 Å². The number of hydrogen-bond acceptors (Lipinski definition) is 4. The highest BCUT2D eigenvalue weighted by atomic mass is 16.7. The Balaban J connectivity index is 1.54. The van der Waals surface area contributed by atoms with Crippen LogP contribution in [0.3, 0.4) is 0 Å². The maximum atomic E-state index is 6.01. The molecule has 0 aromatic carbocycles. The van der Waals surface area contributed by atoms with Crippen LogP contribution < -0.4 is 11.1 Å². The number of rotatable bonds is 5. The summed E-state index contributed by atoms with van der Waals surface area (Å²) in [5.41, 5.74) is 7.61. The summed E-state index contributed by atoms with van der Waals surface area (Å²) in [7, 11) is 0. The number of nitrogens with one attached hydrogen (secondary N) is 1. The van der Waals surface area contributed by atoms with Crippen molar-refractivity contribution in [1.29, 1.82) is 0 Å². The van der Waals surface area contributed by atoms with Crippen molar-refractivity contribution in [2.75, 3.05) is 6.61 Å². The molecule has 1 fully saturated rings. The second-order valence-electron chi connectivity index (χ2n) is 7.23. The predicted molar refractivity (Wildman–Crippen MR) is 92.8 cm³/mol. The van der Waals surface area contributed by atoms with E-state index in [4.69, 9.17) is 15.2 Å². The van der Waals surface area contributed by atoms with Gasteiger partial charge in [-0.1, -0.05) is 11.6 Å². The van der Waals surface area contributed by atoms with Crippen LogP contribution in [-0.4, -0.2) is 31.0 Å². The molecule has 4 heteroatoms. The van der Waals surface area contributed by atoms with Gasteiger partial charge in [-0.05, 0) is 64.4 Å². The first-order valence-corrected chi connectivity index (χ1v) is 9.33. The fourth-order valence-corrected chi connectivity index (χ4v) is 4.23. The van der Waals surface area contributed by atoms with Crippen molar-refractivity contribution in [2.24, 2.45) is 11.7 Å². The number of fused-ring (bicyclic) bond motifs is 1. The first-order chi connectivity index (χ1) is 11.2. The molecule has 0 bridgehead atoms. The van der Waals surface area contributed by atoms with Crippen molar-refractivity contribution in [3.8, 4) is 0 Å². The van der Waals surface area contributed by atoms with Crippen molar-refractivity contribution in [2.45, 2.75) is 83.2 Å². The summed E-state index contributed by atoms with van der Waals surface area (Å²) in [6.45, 7) is 4.68. The van der Waals surface area contributed by atoms with Crippen molar-refractivity contribution in [1.82, 2.24) is 5.32 Å². The number of ether oxygens (including phenoxy) is 2. The van der Waals surface area contributed by atoms with Crippen LogP contribution in [0.25, 0.3) is 0 Å². The van der Waals surface area contributed by atoms with Crippen LogP contribution in [0, 0.1) is 5.92 Å². The van der Waals surface area contributed by atoms with E-state index in [2.05, 4.69) is 17.5 Å². The molecule has 1 saturated heterocycles. The first kappa shape index (κ1) is 17.0. The Morgan fingerprint density at radius 3 is 2.87 bits per heavy atom. The number of piperidine rings is 1. The monoisotopic (exact) mass is 320 g/mol. The van der Waals surface area contributed by atoms with Gasteiger partial charge in [0.2, 0.25) is 0 Å². The fraction of sp³-hybridized carbons (Fsp3) is 0.789. The minimum atomic E-state index is -0.135. The van der Waals surface area contributed by atoms with E-state index in [1.807, 2.05) is 13.8 Å². The van der Waals surface area contributed by atoms with Crippen molar-refractivity contribution < 1.29 is 9.47 Å². The lowest BCUT2D eigenvalue weighted by molar-refractivity contribution is -0.104. The minimum Gasteiger partial charge on any atom is -0.470 e. The molecule has 0 aromatic heterocycles. The Hall–Kier alpha value is -0.840. The van der Waals surface area contributed by atoms with Crippen LogP contribution >= 0.6 is 0 Å². The van der Waals surface area contributed by atoms with E-state index in [1.54, 1.807) is 5.57 Å². The molecule has 0 spiro atoms. The zero-order chi connectivity index (χ0) is 16.2. The zero-order valence-corrected chi connectivity index (χ0v) is 14.6. The van der Waals surface area contributed by atoms with E-state index in [0.29, 0.717) is 30.7 Å². The predicted octanol–water partition coefficient (Wildman–Crippen LogP) is 3.24. The second kappa shape index (κ2) is 7.82. The molecule has 0 saturated carbocycles. The lowest BCUT2D eigenvalue weighted by atomic mass is 9.77. The highest BCUT2D eigenvalue weighted by Gasteiger charge is 2.34. The molecule has 23 heavy (non-hydrogen) atoms. The molecule has 0 aromatic rings. The molecular weight excluding hydrogens is 288 g/mol. The smallest absolute Gasteiger partial charge is 0.196 e. The van der Waals surface area contributed by atoms with Crippen LogP contribution in [0.4, 0.5) is 0 Å². The molecule has 4 nitrogen and oxygen atoms in total. The summed E-state index contributed by atoms with van der Waals surface area (Å²) in [4.78, 5) is 0. The maximum absolute atomic E-state index is 6.01. The summed E-state index contributed by atoms with van der Waals surface area (Å²) in [6, 6.07) is 1.54. The Kier molecular flexibility index (Phi) is 5.78. The van der Waals surface area contributed by atoms with Crippen LogP contribution in [0.1, 0.15) is 58.8 Å². The van der Waals surface area contributed by atoms with Crippen LogP contribution in [0.5, 0.6) is 0 Å². The average Bonchev–Trinajstić information content (AvgIpc) is 2.55. The van der Waals surface area contributed by atoms with Gasteiger partial charge < -0.3 is 20.5 Å². The zero-order valence-electron chi connectivity index (χ0n) is 14.6. The van der Waals surface area contributed by atoms with Crippen LogP contribution in [0.15, 0.2) is 23.5 Å². The van der Waals surface area contributed by atoms with Crippen molar-refractivity contribution in [3.05, 3.63) is 23.5 Å². The second-order valence-corrected chi connectivity index (χ2v) is 7.23. The Morgan fingerprint density at radius 1 is 1.26 bits per heavy atom. The molecule has 1 aliphatic heterocycles. The molecule has 1 unspecified atom stereocenters. The van der Waals surface area contributed by atoms with E-state index in [0.717, 1.165) is 31.4 Å².